The summed E-state index contributed by atoms with van der Waals surface area (Å²) in [4.78, 5) is 38.0. The molecule has 2 amide bonds. The lowest BCUT2D eigenvalue weighted by Crippen LogP contribution is -2.57. The van der Waals surface area contributed by atoms with Crippen LogP contribution in [0, 0.1) is 0 Å². The molecule has 0 radical (unpaired) electrons. The quantitative estimate of drug-likeness (QED) is 0.490. The number of aliphatic hydroxyl groups is 1. The maximum absolute atomic E-state index is 13.1. The first-order valence-electron chi connectivity index (χ1n) is 9.83. The fraction of sp³-hybridized carbons (Fsp3) is 0.750. The van der Waals surface area contributed by atoms with Crippen molar-refractivity contribution in [1.29, 1.82) is 0 Å². The van der Waals surface area contributed by atoms with Crippen molar-refractivity contribution in [3.05, 3.63) is 12.7 Å². The summed E-state index contributed by atoms with van der Waals surface area (Å²) in [7, 11) is 0. The van der Waals surface area contributed by atoms with Crippen molar-refractivity contribution < 1.29 is 34.1 Å². The molecule has 0 spiro atoms. The molecule has 5 atom stereocenters. The van der Waals surface area contributed by atoms with Gasteiger partial charge in [0.25, 0.3) is 0 Å². The fourth-order valence-electron chi connectivity index (χ4n) is 3.15. The second-order valence-electron chi connectivity index (χ2n) is 8.38. The summed E-state index contributed by atoms with van der Waals surface area (Å²) >= 11 is 0. The zero-order valence-electron chi connectivity index (χ0n) is 17.9. The molecule has 0 aromatic carbocycles. The summed E-state index contributed by atoms with van der Waals surface area (Å²) in [6.45, 7) is 12.1. The number of nitrogens with zero attached hydrogens (tertiary/aromatic N) is 1. The Bertz CT molecular complexity index is 602. The standard InChI is InChI=1S/C20H34N2O7/c1-7-8-9-12(2)28-13(3)16(21-19(27)29-20(4,5)6)17(24)22-11-14(23)10-15(22)18(25)26/h7,12-16,23H,1,8-11H2,2-6H3,(H,21,27)(H,25,26)/t12-,13+,14-,15+,16+/m1/s1. The number of hydrogen-bond acceptors (Lipinski definition) is 6. The first kappa shape index (κ1) is 24.9. The summed E-state index contributed by atoms with van der Waals surface area (Å²) in [6.07, 6.45) is 0.398. The second kappa shape index (κ2) is 10.6. The fourth-order valence-corrected chi connectivity index (χ4v) is 3.15. The van der Waals surface area contributed by atoms with Gasteiger partial charge in [0.2, 0.25) is 5.91 Å². The normalized spacial score (nSPS) is 22.5. The highest BCUT2D eigenvalue weighted by Crippen LogP contribution is 2.21. The molecule has 1 saturated heterocycles. The highest BCUT2D eigenvalue weighted by molar-refractivity contribution is 5.90. The minimum Gasteiger partial charge on any atom is -0.480 e. The van der Waals surface area contributed by atoms with Crippen LogP contribution in [0.5, 0.6) is 0 Å². The van der Waals surface area contributed by atoms with Crippen molar-refractivity contribution in [2.45, 2.75) is 89.9 Å². The molecule has 0 bridgehead atoms. The van der Waals surface area contributed by atoms with E-state index in [1.807, 2.05) is 6.92 Å². The molecule has 9 nitrogen and oxygen atoms in total. The molecular formula is C20H34N2O7. The van der Waals surface area contributed by atoms with Crippen molar-refractivity contribution in [2.24, 2.45) is 0 Å². The van der Waals surface area contributed by atoms with E-state index in [1.54, 1.807) is 33.8 Å². The molecule has 1 aliphatic rings. The van der Waals surface area contributed by atoms with E-state index in [-0.39, 0.29) is 19.1 Å². The van der Waals surface area contributed by atoms with Crippen LogP contribution >= 0.6 is 0 Å². The van der Waals surface area contributed by atoms with Gasteiger partial charge in [0.1, 0.15) is 17.7 Å². The average molecular weight is 414 g/mol. The number of likely N-dealkylation sites (tertiary alicyclic amines) is 1. The van der Waals surface area contributed by atoms with Crippen LogP contribution < -0.4 is 5.32 Å². The van der Waals surface area contributed by atoms with E-state index in [9.17, 15) is 24.6 Å². The van der Waals surface area contributed by atoms with Gasteiger partial charge in [-0.1, -0.05) is 6.08 Å². The van der Waals surface area contributed by atoms with Gasteiger partial charge in [0.15, 0.2) is 0 Å². The van der Waals surface area contributed by atoms with Crippen molar-refractivity contribution in [3.8, 4) is 0 Å². The molecule has 0 unspecified atom stereocenters. The Balaban J connectivity index is 3.01. The first-order chi connectivity index (χ1) is 13.4. The number of β-amino-alcohol motifs (C(OH)–C–C–N with tert-alkyl or cyclic N) is 1. The van der Waals surface area contributed by atoms with Crippen LogP contribution in [0.2, 0.25) is 0 Å². The van der Waals surface area contributed by atoms with E-state index in [1.165, 1.54) is 0 Å². The Morgan fingerprint density at radius 2 is 1.93 bits per heavy atom. The lowest BCUT2D eigenvalue weighted by atomic mass is 10.1. The minimum absolute atomic E-state index is 0.0643. The number of amides is 2. The van der Waals surface area contributed by atoms with Gasteiger partial charge in [-0.25, -0.2) is 9.59 Å². The molecule has 9 heteroatoms. The summed E-state index contributed by atoms with van der Waals surface area (Å²) in [5.74, 6) is -1.85. The van der Waals surface area contributed by atoms with Gasteiger partial charge < -0.3 is 29.9 Å². The highest BCUT2D eigenvalue weighted by atomic mass is 16.6. The Morgan fingerprint density at radius 1 is 1.31 bits per heavy atom. The van der Waals surface area contributed by atoms with Crippen molar-refractivity contribution in [3.63, 3.8) is 0 Å². The Hall–Kier alpha value is -2.13. The molecule has 29 heavy (non-hydrogen) atoms. The number of aliphatic hydroxyl groups excluding tert-OH is 1. The lowest BCUT2D eigenvalue weighted by molar-refractivity contribution is -0.151. The number of hydrogen-bond donors (Lipinski definition) is 3. The predicted octanol–water partition coefficient (Wildman–Crippen LogP) is 1.69. The van der Waals surface area contributed by atoms with Crippen LogP contribution in [0.4, 0.5) is 4.79 Å². The molecule has 1 fully saturated rings. The third-order valence-electron chi connectivity index (χ3n) is 4.48. The van der Waals surface area contributed by atoms with E-state index in [0.29, 0.717) is 6.42 Å². The maximum atomic E-state index is 13.1. The number of carbonyl (C=O) groups is 3. The average Bonchev–Trinajstić information content (AvgIpc) is 2.97. The van der Waals surface area contributed by atoms with E-state index in [0.717, 1.165) is 11.3 Å². The molecule has 3 N–H and O–H groups in total. The van der Waals surface area contributed by atoms with Gasteiger partial charge in [-0.2, -0.15) is 0 Å². The summed E-state index contributed by atoms with van der Waals surface area (Å²) in [6, 6.07) is -2.32. The van der Waals surface area contributed by atoms with E-state index in [4.69, 9.17) is 9.47 Å². The number of aliphatic carboxylic acids is 1. The third-order valence-corrected chi connectivity index (χ3v) is 4.48. The van der Waals surface area contributed by atoms with Crippen LogP contribution in [0.25, 0.3) is 0 Å². The summed E-state index contributed by atoms with van der Waals surface area (Å²) in [5.41, 5.74) is -0.771. The van der Waals surface area contributed by atoms with Gasteiger partial charge in [-0.3, -0.25) is 4.79 Å². The first-order valence-corrected chi connectivity index (χ1v) is 9.83. The smallest absolute Gasteiger partial charge is 0.408 e. The number of carbonyl (C=O) groups excluding carboxylic acids is 2. The summed E-state index contributed by atoms with van der Waals surface area (Å²) in [5, 5.41) is 21.8. The van der Waals surface area contributed by atoms with Crippen LogP contribution in [0.1, 0.15) is 53.9 Å². The number of allylic oxidation sites excluding steroid dienone is 1. The van der Waals surface area contributed by atoms with Crippen LogP contribution in [-0.2, 0) is 19.1 Å². The highest BCUT2D eigenvalue weighted by Gasteiger charge is 2.43. The lowest BCUT2D eigenvalue weighted by Gasteiger charge is -2.32. The largest absolute Gasteiger partial charge is 0.480 e. The zero-order valence-corrected chi connectivity index (χ0v) is 17.9. The van der Waals surface area contributed by atoms with Gasteiger partial charge in [0, 0.05) is 13.0 Å². The monoisotopic (exact) mass is 414 g/mol. The van der Waals surface area contributed by atoms with E-state index >= 15 is 0 Å². The number of carboxylic acids is 1. The van der Waals surface area contributed by atoms with E-state index in [2.05, 4.69) is 11.9 Å². The van der Waals surface area contributed by atoms with Crippen molar-refractivity contribution >= 4 is 18.0 Å². The minimum atomic E-state index is -1.21. The van der Waals surface area contributed by atoms with Crippen LogP contribution in [0.15, 0.2) is 12.7 Å². The predicted molar refractivity (Wildman–Crippen MR) is 106 cm³/mol. The molecule has 0 aromatic rings. The van der Waals surface area contributed by atoms with Gasteiger partial charge in [-0.05, 0) is 47.5 Å². The third kappa shape index (κ3) is 8.02. The van der Waals surface area contributed by atoms with Gasteiger partial charge in [-0.15, -0.1) is 6.58 Å². The number of carboxylic acid groups (broad SMARTS) is 1. The topological polar surface area (TPSA) is 125 Å². The van der Waals surface area contributed by atoms with Crippen LogP contribution in [-0.4, -0.2) is 75.6 Å². The van der Waals surface area contributed by atoms with E-state index < -0.39 is 47.9 Å². The molecule has 1 aliphatic heterocycles. The van der Waals surface area contributed by atoms with Crippen molar-refractivity contribution in [2.75, 3.05) is 6.54 Å². The molecular weight excluding hydrogens is 380 g/mol. The number of rotatable bonds is 9. The molecule has 166 valence electrons. The molecule has 0 aliphatic carbocycles. The SMILES string of the molecule is C=CCC[C@@H](C)O[C@@H](C)[C@H](NC(=O)OC(C)(C)C)C(=O)N1C[C@H](O)C[C@H]1C(=O)O. The van der Waals surface area contributed by atoms with Gasteiger partial charge >= 0.3 is 12.1 Å². The Morgan fingerprint density at radius 3 is 2.45 bits per heavy atom. The molecule has 1 heterocycles. The maximum Gasteiger partial charge on any atom is 0.408 e. The Kier molecular flexibility index (Phi) is 9.10. The molecule has 0 saturated carbocycles. The number of nitrogens with one attached hydrogen (secondary N) is 1. The zero-order chi connectivity index (χ0) is 22.4. The van der Waals surface area contributed by atoms with Crippen molar-refractivity contribution in [1.82, 2.24) is 10.2 Å². The molecule has 0 aromatic heterocycles. The Labute approximate surface area is 172 Å². The second-order valence-corrected chi connectivity index (χ2v) is 8.38. The number of alkyl carbamates (subject to hydrolysis) is 1. The summed E-state index contributed by atoms with van der Waals surface area (Å²) < 4.78 is 11.1. The molecule has 1 rings (SSSR count). The van der Waals surface area contributed by atoms with Gasteiger partial charge in [0.05, 0.1) is 18.3 Å². The van der Waals surface area contributed by atoms with Crippen LogP contribution in [0.3, 0.4) is 0 Å². The number of ether oxygens (including phenoxy) is 2.